The quantitative estimate of drug-likeness (QED) is 0.871. The zero-order valence-corrected chi connectivity index (χ0v) is 11.4. The summed E-state index contributed by atoms with van der Waals surface area (Å²) < 4.78 is 19.3. The van der Waals surface area contributed by atoms with Crippen LogP contribution in [-0.4, -0.2) is 7.11 Å². The van der Waals surface area contributed by atoms with Crippen molar-refractivity contribution in [3.63, 3.8) is 0 Å². The van der Waals surface area contributed by atoms with E-state index < -0.39 is 5.54 Å². The van der Waals surface area contributed by atoms with Crippen LogP contribution in [0.2, 0.25) is 0 Å². The molecule has 2 nitrogen and oxygen atoms in total. The topological polar surface area (TPSA) is 35.2 Å². The highest BCUT2D eigenvalue weighted by atomic mass is 19.1. The number of hydrogen-bond donors (Lipinski definition) is 1. The minimum Gasteiger partial charge on any atom is -0.497 e. The maximum absolute atomic E-state index is 14.3. The fourth-order valence-corrected chi connectivity index (χ4v) is 3.02. The Hall–Kier alpha value is -1.09. The summed E-state index contributed by atoms with van der Waals surface area (Å²) in [5.74, 6) is 0.278. The monoisotopic (exact) mass is 251 g/mol. The lowest BCUT2D eigenvalue weighted by molar-refractivity contribution is 0.0942. The van der Waals surface area contributed by atoms with Gasteiger partial charge in [-0.3, -0.25) is 0 Å². The van der Waals surface area contributed by atoms with E-state index in [0.29, 0.717) is 11.3 Å². The Bertz CT molecular complexity index is 444. The molecule has 0 aromatic heterocycles. The van der Waals surface area contributed by atoms with Crippen LogP contribution in [0.4, 0.5) is 4.39 Å². The van der Waals surface area contributed by atoms with Crippen LogP contribution < -0.4 is 10.5 Å². The summed E-state index contributed by atoms with van der Waals surface area (Å²) in [7, 11) is 1.54. The second-order valence-corrected chi connectivity index (χ2v) is 5.91. The molecular formula is C15H22FNO. The third-order valence-corrected chi connectivity index (χ3v) is 4.49. The van der Waals surface area contributed by atoms with E-state index in [1.165, 1.54) is 19.6 Å². The Labute approximate surface area is 108 Å². The molecule has 1 unspecified atom stereocenters. The van der Waals surface area contributed by atoms with Gasteiger partial charge >= 0.3 is 0 Å². The summed E-state index contributed by atoms with van der Waals surface area (Å²) in [6.45, 7) is 4.27. The van der Waals surface area contributed by atoms with Crippen molar-refractivity contribution in [2.75, 3.05) is 7.11 Å². The fraction of sp³-hybridized carbons (Fsp3) is 0.600. The molecule has 1 fully saturated rings. The summed E-state index contributed by atoms with van der Waals surface area (Å²) in [5.41, 5.74) is 6.52. The smallest absolute Gasteiger partial charge is 0.131 e. The van der Waals surface area contributed by atoms with Gasteiger partial charge in [0, 0.05) is 17.2 Å². The second-order valence-electron chi connectivity index (χ2n) is 5.91. The highest BCUT2D eigenvalue weighted by molar-refractivity contribution is 5.35. The first kappa shape index (κ1) is 13.3. The van der Waals surface area contributed by atoms with Crippen molar-refractivity contribution in [2.24, 2.45) is 11.1 Å². The summed E-state index contributed by atoms with van der Waals surface area (Å²) in [5, 5.41) is 0. The highest BCUT2D eigenvalue weighted by Crippen LogP contribution is 2.49. The van der Waals surface area contributed by atoms with Crippen molar-refractivity contribution in [3.8, 4) is 5.75 Å². The lowest BCUT2D eigenvalue weighted by Gasteiger charge is -2.48. The van der Waals surface area contributed by atoms with E-state index in [-0.39, 0.29) is 11.2 Å². The van der Waals surface area contributed by atoms with Crippen LogP contribution in [0.3, 0.4) is 0 Å². The van der Waals surface area contributed by atoms with Gasteiger partial charge in [-0.15, -0.1) is 0 Å². The van der Waals surface area contributed by atoms with Crippen LogP contribution in [0.1, 0.15) is 45.1 Å². The number of halogens is 1. The van der Waals surface area contributed by atoms with Crippen molar-refractivity contribution >= 4 is 0 Å². The molecule has 1 atom stereocenters. The predicted octanol–water partition coefficient (Wildman–Crippen LogP) is 3.59. The molecule has 18 heavy (non-hydrogen) atoms. The summed E-state index contributed by atoms with van der Waals surface area (Å²) in [6.07, 6.45) is 4.10. The third-order valence-electron chi connectivity index (χ3n) is 4.49. The Morgan fingerprint density at radius 1 is 1.22 bits per heavy atom. The maximum atomic E-state index is 14.3. The predicted molar refractivity (Wildman–Crippen MR) is 71.1 cm³/mol. The van der Waals surface area contributed by atoms with Gasteiger partial charge in [0.1, 0.15) is 11.6 Å². The van der Waals surface area contributed by atoms with E-state index >= 15 is 0 Å². The Balaban J connectivity index is 2.46. The van der Waals surface area contributed by atoms with Gasteiger partial charge in [0.2, 0.25) is 0 Å². The summed E-state index contributed by atoms with van der Waals surface area (Å²) >= 11 is 0. The maximum Gasteiger partial charge on any atom is 0.131 e. The van der Waals surface area contributed by atoms with Crippen LogP contribution >= 0.6 is 0 Å². The lowest BCUT2D eigenvalue weighted by atomic mass is 9.61. The molecule has 1 saturated carbocycles. The molecule has 1 aliphatic rings. The van der Waals surface area contributed by atoms with Gasteiger partial charge in [-0.25, -0.2) is 4.39 Å². The van der Waals surface area contributed by atoms with Crippen molar-refractivity contribution in [2.45, 2.75) is 45.1 Å². The molecule has 0 spiro atoms. The van der Waals surface area contributed by atoms with E-state index in [2.05, 4.69) is 13.8 Å². The second kappa shape index (κ2) is 4.54. The van der Waals surface area contributed by atoms with Gasteiger partial charge < -0.3 is 10.5 Å². The molecule has 100 valence electrons. The number of rotatable bonds is 2. The Morgan fingerprint density at radius 3 is 2.44 bits per heavy atom. The average Bonchev–Trinajstić information content (AvgIpc) is 2.32. The first-order valence-electron chi connectivity index (χ1n) is 6.54. The van der Waals surface area contributed by atoms with Gasteiger partial charge in [0.15, 0.2) is 0 Å². The van der Waals surface area contributed by atoms with Crippen LogP contribution in [0.25, 0.3) is 0 Å². The molecule has 0 heterocycles. The summed E-state index contributed by atoms with van der Waals surface area (Å²) in [6, 6.07) is 4.99. The number of nitrogens with two attached hydrogens (primary N) is 1. The Kier molecular flexibility index (Phi) is 3.37. The van der Waals surface area contributed by atoms with Gasteiger partial charge in [-0.05, 0) is 24.3 Å². The van der Waals surface area contributed by atoms with Gasteiger partial charge in [0.05, 0.1) is 7.11 Å². The third kappa shape index (κ3) is 2.01. The molecule has 0 amide bonds. The average molecular weight is 251 g/mol. The zero-order chi connectivity index (χ0) is 13.4. The SMILES string of the molecule is COc1ccc(C2(N)CCCCC2(C)C)c(F)c1. The van der Waals surface area contributed by atoms with Gasteiger partial charge in [-0.2, -0.15) is 0 Å². The minimum absolute atomic E-state index is 0.0827. The number of benzene rings is 1. The molecule has 0 saturated heterocycles. The molecule has 3 heteroatoms. The summed E-state index contributed by atoms with van der Waals surface area (Å²) in [4.78, 5) is 0. The number of hydrogen-bond acceptors (Lipinski definition) is 2. The molecule has 0 aliphatic heterocycles. The fourth-order valence-electron chi connectivity index (χ4n) is 3.02. The molecule has 0 bridgehead atoms. The Morgan fingerprint density at radius 2 is 1.89 bits per heavy atom. The van der Waals surface area contributed by atoms with Crippen molar-refractivity contribution in [1.29, 1.82) is 0 Å². The van der Waals surface area contributed by atoms with Gasteiger partial charge in [0.25, 0.3) is 0 Å². The molecule has 1 aliphatic carbocycles. The highest BCUT2D eigenvalue weighted by Gasteiger charge is 2.46. The van der Waals surface area contributed by atoms with Crippen LogP contribution in [0.5, 0.6) is 5.75 Å². The van der Waals surface area contributed by atoms with Crippen molar-refractivity contribution < 1.29 is 9.13 Å². The molecule has 1 aromatic rings. The van der Waals surface area contributed by atoms with Crippen LogP contribution in [0.15, 0.2) is 18.2 Å². The molecule has 2 N–H and O–H groups in total. The molecule has 2 rings (SSSR count). The zero-order valence-electron chi connectivity index (χ0n) is 11.4. The van der Waals surface area contributed by atoms with Crippen LogP contribution in [0, 0.1) is 11.2 Å². The van der Waals surface area contributed by atoms with Crippen LogP contribution in [-0.2, 0) is 5.54 Å². The normalized spacial score (nSPS) is 26.9. The standard InChI is InChI=1S/C15H22FNO/c1-14(2)8-4-5-9-15(14,17)12-7-6-11(18-3)10-13(12)16/h6-7,10H,4-5,8-9,17H2,1-3H3. The van der Waals surface area contributed by atoms with E-state index in [4.69, 9.17) is 10.5 Å². The largest absolute Gasteiger partial charge is 0.497 e. The molecule has 1 aromatic carbocycles. The van der Waals surface area contributed by atoms with E-state index in [9.17, 15) is 4.39 Å². The lowest BCUT2D eigenvalue weighted by Crippen LogP contribution is -2.52. The van der Waals surface area contributed by atoms with Gasteiger partial charge in [-0.1, -0.05) is 32.8 Å². The van der Waals surface area contributed by atoms with Crippen molar-refractivity contribution in [3.05, 3.63) is 29.6 Å². The molecular weight excluding hydrogens is 229 g/mol. The number of methoxy groups -OCH3 is 1. The first-order valence-corrected chi connectivity index (χ1v) is 6.54. The van der Waals surface area contributed by atoms with E-state index in [0.717, 1.165) is 19.3 Å². The first-order chi connectivity index (χ1) is 8.40. The minimum atomic E-state index is -0.582. The van der Waals surface area contributed by atoms with E-state index in [1.807, 2.05) is 0 Å². The van der Waals surface area contributed by atoms with Crippen molar-refractivity contribution in [1.82, 2.24) is 0 Å². The van der Waals surface area contributed by atoms with E-state index in [1.54, 1.807) is 12.1 Å². The number of ether oxygens (including phenoxy) is 1. The molecule has 0 radical (unpaired) electrons.